The number of aliphatic imine (C=N–C) groups is 1. The first-order chi connectivity index (χ1) is 15.7. The molecular formula is C24H28ClN5O2. The molecule has 2 aromatic heterocycles. The highest BCUT2D eigenvalue weighted by atomic mass is 35.5. The Bertz CT molecular complexity index is 989. The van der Waals surface area contributed by atoms with Crippen LogP contribution in [0.2, 0.25) is 0 Å². The smallest absolute Gasteiger partial charge is 0.185 e. The molecule has 0 amide bonds. The second-order valence-electron chi connectivity index (χ2n) is 7.24. The van der Waals surface area contributed by atoms with Crippen LogP contribution in [0.4, 0.5) is 11.5 Å². The number of hydrogen-bond donors (Lipinski definition) is 2. The summed E-state index contributed by atoms with van der Waals surface area (Å²) >= 11 is 6.09. The summed E-state index contributed by atoms with van der Waals surface area (Å²) in [5, 5.41) is 7.26. The summed E-state index contributed by atoms with van der Waals surface area (Å²) in [5.74, 6) is 0.861. The largest absolute Gasteiger partial charge is 0.380 e. The maximum Gasteiger partial charge on any atom is 0.185 e. The molecule has 3 rings (SSSR count). The third-order valence-electron chi connectivity index (χ3n) is 4.74. The van der Waals surface area contributed by atoms with Crippen LogP contribution in [-0.4, -0.2) is 41.8 Å². The minimum atomic E-state index is 0.222. The average molecular weight is 454 g/mol. The van der Waals surface area contributed by atoms with Crippen molar-refractivity contribution in [2.24, 2.45) is 4.99 Å². The van der Waals surface area contributed by atoms with Crippen LogP contribution in [0.1, 0.15) is 37.4 Å². The molecule has 0 radical (unpaired) electrons. The molecule has 7 nitrogen and oxygen atoms in total. The van der Waals surface area contributed by atoms with Crippen molar-refractivity contribution in [1.82, 2.24) is 9.97 Å². The molecule has 0 atom stereocenters. The molecule has 0 saturated carbocycles. The molecule has 8 heteroatoms. The van der Waals surface area contributed by atoms with E-state index in [1.165, 1.54) is 0 Å². The Morgan fingerprint density at radius 2 is 2.16 bits per heavy atom. The van der Waals surface area contributed by atoms with Gasteiger partial charge in [-0.2, -0.15) is 0 Å². The third-order valence-corrected chi connectivity index (χ3v) is 5.05. The lowest BCUT2D eigenvalue weighted by Crippen LogP contribution is -2.18. The Balaban J connectivity index is 1.78. The first-order valence-electron chi connectivity index (χ1n) is 10.7. The number of nitrogens with one attached hydrogen (secondary N) is 2. The van der Waals surface area contributed by atoms with Gasteiger partial charge in [0.1, 0.15) is 0 Å². The number of anilines is 2. The molecule has 168 valence electrons. The second kappa shape index (κ2) is 12.7. The minimum Gasteiger partial charge on any atom is -0.380 e. The van der Waals surface area contributed by atoms with Crippen molar-refractivity contribution < 1.29 is 9.53 Å². The normalized spacial score (nSPS) is 13.9. The Morgan fingerprint density at radius 3 is 2.88 bits per heavy atom. The van der Waals surface area contributed by atoms with E-state index in [9.17, 15) is 4.79 Å². The number of nitrogens with zero attached hydrogens (tertiary/aromatic N) is 3. The maximum atomic E-state index is 11.6. The standard InChI is InChI=1S/C24H28ClN5O2/c1-2-13-32-14-12-27-24-22(10-9-21(30-24)19-5-7-20(25)8-6-19)29-23(17-31)28-16-18-4-3-11-26-15-18/h3-5,7,9-11,15,17H,2,6,8,12-14,16H2,1H3,(H,27,30)(H,28,29). The highest BCUT2D eigenvalue weighted by Crippen LogP contribution is 2.30. The summed E-state index contributed by atoms with van der Waals surface area (Å²) < 4.78 is 5.56. The molecule has 2 N–H and O–H groups in total. The van der Waals surface area contributed by atoms with Crippen LogP contribution >= 0.6 is 11.6 Å². The summed E-state index contributed by atoms with van der Waals surface area (Å²) in [6.45, 7) is 4.31. The van der Waals surface area contributed by atoms with E-state index >= 15 is 0 Å². The summed E-state index contributed by atoms with van der Waals surface area (Å²) in [6.07, 6.45) is 10.7. The van der Waals surface area contributed by atoms with Crippen molar-refractivity contribution in [2.75, 3.05) is 30.4 Å². The zero-order valence-electron chi connectivity index (χ0n) is 18.2. The quantitative estimate of drug-likeness (QED) is 0.219. The number of carbonyl (C=O) groups excluding carboxylic acids is 1. The topological polar surface area (TPSA) is 88.5 Å². The van der Waals surface area contributed by atoms with Crippen LogP contribution in [0.15, 0.2) is 58.8 Å². The highest BCUT2D eigenvalue weighted by Gasteiger charge is 2.13. The van der Waals surface area contributed by atoms with Gasteiger partial charge in [-0.05, 0) is 54.7 Å². The summed E-state index contributed by atoms with van der Waals surface area (Å²) in [7, 11) is 0. The van der Waals surface area contributed by atoms with Gasteiger partial charge in [0.15, 0.2) is 17.9 Å². The van der Waals surface area contributed by atoms with Gasteiger partial charge in [0, 0.05) is 30.6 Å². The summed E-state index contributed by atoms with van der Waals surface area (Å²) in [4.78, 5) is 24.9. The Kier molecular flexibility index (Phi) is 9.40. The number of ether oxygens (including phenoxy) is 1. The molecule has 1 aliphatic rings. The minimum absolute atomic E-state index is 0.222. The van der Waals surface area contributed by atoms with E-state index in [4.69, 9.17) is 21.3 Å². The van der Waals surface area contributed by atoms with Gasteiger partial charge in [-0.15, -0.1) is 0 Å². The van der Waals surface area contributed by atoms with Crippen molar-refractivity contribution in [1.29, 1.82) is 0 Å². The molecule has 0 spiro atoms. The van der Waals surface area contributed by atoms with Gasteiger partial charge in [-0.1, -0.05) is 30.7 Å². The number of allylic oxidation sites excluding steroid dienone is 4. The van der Waals surface area contributed by atoms with Crippen molar-refractivity contribution in [3.05, 3.63) is 65.1 Å². The molecule has 0 fully saturated rings. The summed E-state index contributed by atoms with van der Waals surface area (Å²) in [6, 6.07) is 7.59. The van der Waals surface area contributed by atoms with Crippen molar-refractivity contribution in [3.63, 3.8) is 0 Å². The molecule has 2 heterocycles. The molecule has 2 aromatic rings. The predicted molar refractivity (Wildman–Crippen MR) is 130 cm³/mol. The second-order valence-corrected chi connectivity index (χ2v) is 7.73. The van der Waals surface area contributed by atoms with Crippen molar-refractivity contribution in [2.45, 2.75) is 32.7 Å². The number of carbonyl (C=O) groups is 1. The van der Waals surface area contributed by atoms with E-state index in [1.807, 2.05) is 36.4 Å². The molecule has 0 saturated heterocycles. The molecule has 0 aromatic carbocycles. The van der Waals surface area contributed by atoms with E-state index in [-0.39, 0.29) is 5.84 Å². The maximum absolute atomic E-state index is 11.6. The molecule has 0 bridgehead atoms. The Hall–Kier alpha value is -3.03. The van der Waals surface area contributed by atoms with Gasteiger partial charge >= 0.3 is 0 Å². The van der Waals surface area contributed by atoms with Crippen molar-refractivity contribution in [3.8, 4) is 0 Å². The fraction of sp³-hybridized carbons (Fsp3) is 0.333. The van der Waals surface area contributed by atoms with Gasteiger partial charge in [0.2, 0.25) is 0 Å². The fourth-order valence-corrected chi connectivity index (χ4v) is 3.26. The molecule has 0 aliphatic heterocycles. The highest BCUT2D eigenvalue weighted by molar-refractivity contribution is 6.33. The van der Waals surface area contributed by atoms with Gasteiger partial charge < -0.3 is 15.4 Å². The zero-order valence-corrected chi connectivity index (χ0v) is 18.9. The zero-order chi connectivity index (χ0) is 22.6. The summed E-state index contributed by atoms with van der Waals surface area (Å²) in [5.41, 5.74) is 3.58. The van der Waals surface area contributed by atoms with Crippen LogP contribution in [0.3, 0.4) is 0 Å². The Labute approximate surface area is 193 Å². The first kappa shape index (κ1) is 23.6. The monoisotopic (exact) mass is 453 g/mol. The number of aromatic nitrogens is 2. The van der Waals surface area contributed by atoms with Crippen LogP contribution < -0.4 is 10.6 Å². The van der Waals surface area contributed by atoms with Crippen LogP contribution in [0, 0.1) is 0 Å². The molecular weight excluding hydrogens is 426 g/mol. The lowest BCUT2D eigenvalue weighted by Gasteiger charge is -2.16. The van der Waals surface area contributed by atoms with Gasteiger partial charge in [0.05, 0.1) is 24.5 Å². The molecule has 32 heavy (non-hydrogen) atoms. The average Bonchev–Trinajstić information content (AvgIpc) is 2.83. The van der Waals surface area contributed by atoms with E-state index in [2.05, 4.69) is 27.5 Å². The van der Waals surface area contributed by atoms with Crippen LogP contribution in [-0.2, 0) is 16.1 Å². The van der Waals surface area contributed by atoms with E-state index in [0.29, 0.717) is 37.5 Å². The lowest BCUT2D eigenvalue weighted by atomic mass is 10.0. The number of halogens is 1. The molecule has 1 aliphatic carbocycles. The van der Waals surface area contributed by atoms with Crippen molar-refractivity contribution >= 4 is 40.8 Å². The van der Waals surface area contributed by atoms with Gasteiger partial charge in [-0.3, -0.25) is 14.8 Å². The third kappa shape index (κ3) is 7.28. The predicted octanol–water partition coefficient (Wildman–Crippen LogP) is 4.82. The number of amidine groups is 1. The fourth-order valence-electron chi connectivity index (χ4n) is 3.10. The number of pyridine rings is 2. The number of aldehydes is 1. The van der Waals surface area contributed by atoms with E-state index in [1.54, 1.807) is 12.4 Å². The van der Waals surface area contributed by atoms with E-state index in [0.717, 1.165) is 47.7 Å². The first-order valence-corrected chi connectivity index (χ1v) is 11.1. The van der Waals surface area contributed by atoms with Gasteiger partial charge in [0.25, 0.3) is 0 Å². The SMILES string of the molecule is CCCOCCNc1nc(C2=CC=C(Cl)CC2)ccc1NC(C=O)=NCc1cccnc1. The van der Waals surface area contributed by atoms with Crippen LogP contribution in [0.25, 0.3) is 5.57 Å². The Morgan fingerprint density at radius 1 is 1.25 bits per heavy atom. The van der Waals surface area contributed by atoms with Gasteiger partial charge in [-0.25, -0.2) is 4.98 Å². The lowest BCUT2D eigenvalue weighted by molar-refractivity contribution is -0.102. The number of hydrogen-bond acceptors (Lipinski definition) is 6. The van der Waals surface area contributed by atoms with Crippen LogP contribution in [0.5, 0.6) is 0 Å². The molecule has 0 unspecified atom stereocenters. The number of rotatable bonds is 11. The van der Waals surface area contributed by atoms with E-state index < -0.39 is 0 Å².